The van der Waals surface area contributed by atoms with Crippen molar-refractivity contribution in [3.63, 3.8) is 0 Å². The van der Waals surface area contributed by atoms with E-state index in [0.29, 0.717) is 17.6 Å². The standard InChI is InChI=1S/C20H18N4O2/c25-20(22-15-6-7-15)18-12-13-19(24-23-18)21-14-8-10-17(11-9-14)26-16-4-2-1-3-5-16/h1-5,8-13,15H,6-7H2,(H,21,24)(H,22,25). The minimum Gasteiger partial charge on any atom is -0.457 e. The van der Waals surface area contributed by atoms with Crippen molar-refractivity contribution >= 4 is 17.4 Å². The minimum atomic E-state index is -0.172. The predicted octanol–water partition coefficient (Wildman–Crippen LogP) is 3.90. The molecular weight excluding hydrogens is 328 g/mol. The first-order valence-electron chi connectivity index (χ1n) is 8.51. The Kier molecular flexibility index (Phi) is 4.47. The number of benzene rings is 2. The van der Waals surface area contributed by atoms with E-state index in [1.807, 2.05) is 54.6 Å². The van der Waals surface area contributed by atoms with Gasteiger partial charge >= 0.3 is 0 Å². The fourth-order valence-electron chi connectivity index (χ4n) is 2.39. The van der Waals surface area contributed by atoms with Crippen molar-refractivity contribution in [1.82, 2.24) is 15.5 Å². The molecule has 0 spiro atoms. The third-order valence-electron chi connectivity index (χ3n) is 3.92. The lowest BCUT2D eigenvalue weighted by atomic mass is 10.3. The van der Waals surface area contributed by atoms with Gasteiger partial charge in [-0.15, -0.1) is 10.2 Å². The van der Waals surface area contributed by atoms with Crippen LogP contribution in [-0.4, -0.2) is 22.1 Å². The average molecular weight is 346 g/mol. The van der Waals surface area contributed by atoms with Crippen LogP contribution in [0.25, 0.3) is 0 Å². The second kappa shape index (κ2) is 7.23. The largest absolute Gasteiger partial charge is 0.457 e. The monoisotopic (exact) mass is 346 g/mol. The Bertz CT molecular complexity index is 876. The van der Waals surface area contributed by atoms with Gasteiger partial charge in [-0.25, -0.2) is 0 Å². The summed E-state index contributed by atoms with van der Waals surface area (Å²) in [6, 6.07) is 20.9. The fourth-order valence-corrected chi connectivity index (χ4v) is 2.39. The number of hydrogen-bond donors (Lipinski definition) is 2. The molecule has 3 aromatic rings. The zero-order chi connectivity index (χ0) is 17.8. The number of nitrogens with one attached hydrogen (secondary N) is 2. The van der Waals surface area contributed by atoms with Gasteiger partial charge in [-0.2, -0.15) is 0 Å². The Morgan fingerprint density at radius 3 is 2.27 bits per heavy atom. The molecule has 0 bridgehead atoms. The van der Waals surface area contributed by atoms with Crippen molar-refractivity contribution in [2.45, 2.75) is 18.9 Å². The van der Waals surface area contributed by atoms with Gasteiger partial charge in [0.25, 0.3) is 5.91 Å². The first-order chi connectivity index (χ1) is 12.8. The molecule has 6 heteroatoms. The van der Waals surface area contributed by atoms with Crippen molar-refractivity contribution in [3.8, 4) is 11.5 Å². The molecular formula is C20H18N4O2. The normalized spacial score (nSPS) is 13.1. The number of carbonyl (C=O) groups excluding carboxylic acids is 1. The van der Waals surface area contributed by atoms with Gasteiger partial charge in [0, 0.05) is 11.7 Å². The summed E-state index contributed by atoms with van der Waals surface area (Å²) in [6.07, 6.45) is 2.09. The van der Waals surface area contributed by atoms with Crippen LogP contribution in [0.4, 0.5) is 11.5 Å². The maximum Gasteiger partial charge on any atom is 0.272 e. The van der Waals surface area contributed by atoms with Gasteiger partial charge in [0.15, 0.2) is 11.5 Å². The van der Waals surface area contributed by atoms with Crippen LogP contribution in [0.2, 0.25) is 0 Å². The SMILES string of the molecule is O=C(NC1CC1)c1ccc(Nc2ccc(Oc3ccccc3)cc2)nn1. The highest BCUT2D eigenvalue weighted by Gasteiger charge is 2.24. The van der Waals surface area contributed by atoms with Gasteiger partial charge in [0.2, 0.25) is 0 Å². The summed E-state index contributed by atoms with van der Waals surface area (Å²) < 4.78 is 5.76. The van der Waals surface area contributed by atoms with Crippen LogP contribution < -0.4 is 15.4 Å². The fraction of sp³-hybridized carbons (Fsp3) is 0.150. The second-order valence-corrected chi connectivity index (χ2v) is 6.12. The number of aromatic nitrogens is 2. The lowest BCUT2D eigenvalue weighted by molar-refractivity contribution is 0.0945. The van der Waals surface area contributed by atoms with Crippen LogP contribution in [0, 0.1) is 0 Å². The minimum absolute atomic E-state index is 0.172. The van der Waals surface area contributed by atoms with Gasteiger partial charge in [0.1, 0.15) is 11.5 Å². The molecule has 0 saturated heterocycles. The summed E-state index contributed by atoms with van der Waals surface area (Å²) in [5.74, 6) is 1.94. The first-order valence-corrected chi connectivity index (χ1v) is 8.51. The van der Waals surface area contributed by atoms with Gasteiger partial charge in [-0.05, 0) is 61.4 Å². The van der Waals surface area contributed by atoms with E-state index in [0.717, 1.165) is 30.0 Å². The van der Waals surface area contributed by atoms with Crippen molar-refractivity contribution < 1.29 is 9.53 Å². The number of amides is 1. The Morgan fingerprint density at radius 1 is 0.885 bits per heavy atom. The predicted molar refractivity (Wildman–Crippen MR) is 98.8 cm³/mol. The summed E-state index contributed by atoms with van der Waals surface area (Å²) in [5, 5.41) is 14.1. The molecule has 0 aliphatic heterocycles. The van der Waals surface area contributed by atoms with E-state index >= 15 is 0 Å². The topological polar surface area (TPSA) is 76.1 Å². The molecule has 2 aromatic carbocycles. The van der Waals surface area contributed by atoms with E-state index < -0.39 is 0 Å². The third kappa shape index (κ3) is 4.16. The molecule has 1 aromatic heterocycles. The Balaban J connectivity index is 1.36. The first kappa shape index (κ1) is 16.1. The van der Waals surface area contributed by atoms with Crippen molar-refractivity contribution in [3.05, 3.63) is 72.4 Å². The molecule has 1 aliphatic rings. The van der Waals surface area contributed by atoms with Crippen molar-refractivity contribution in [1.29, 1.82) is 0 Å². The maximum atomic E-state index is 11.9. The van der Waals surface area contributed by atoms with Crippen molar-refractivity contribution in [2.75, 3.05) is 5.32 Å². The zero-order valence-electron chi connectivity index (χ0n) is 14.1. The van der Waals surface area contributed by atoms with Crippen LogP contribution in [0.15, 0.2) is 66.7 Å². The van der Waals surface area contributed by atoms with E-state index in [9.17, 15) is 4.79 Å². The van der Waals surface area contributed by atoms with E-state index in [1.165, 1.54) is 0 Å². The molecule has 0 atom stereocenters. The number of para-hydroxylation sites is 1. The number of hydrogen-bond acceptors (Lipinski definition) is 5. The van der Waals surface area contributed by atoms with E-state index in [1.54, 1.807) is 12.1 Å². The molecule has 0 unspecified atom stereocenters. The molecule has 1 heterocycles. The molecule has 4 rings (SSSR count). The number of anilines is 2. The summed E-state index contributed by atoms with van der Waals surface area (Å²) >= 11 is 0. The molecule has 1 amide bonds. The molecule has 6 nitrogen and oxygen atoms in total. The highest BCUT2D eigenvalue weighted by molar-refractivity contribution is 5.92. The number of ether oxygens (including phenoxy) is 1. The van der Waals surface area contributed by atoms with E-state index in [4.69, 9.17) is 4.74 Å². The highest BCUT2D eigenvalue weighted by Crippen LogP contribution is 2.24. The van der Waals surface area contributed by atoms with E-state index in [2.05, 4.69) is 20.8 Å². The van der Waals surface area contributed by atoms with E-state index in [-0.39, 0.29) is 5.91 Å². The molecule has 2 N–H and O–H groups in total. The molecule has 1 saturated carbocycles. The van der Waals surface area contributed by atoms with Gasteiger partial charge in [-0.3, -0.25) is 4.79 Å². The van der Waals surface area contributed by atoms with Crippen LogP contribution >= 0.6 is 0 Å². The zero-order valence-corrected chi connectivity index (χ0v) is 14.1. The van der Waals surface area contributed by atoms with Gasteiger partial charge < -0.3 is 15.4 Å². The van der Waals surface area contributed by atoms with Crippen LogP contribution in [0.3, 0.4) is 0 Å². The smallest absolute Gasteiger partial charge is 0.272 e. The van der Waals surface area contributed by atoms with Crippen LogP contribution in [0.5, 0.6) is 11.5 Å². The lowest BCUT2D eigenvalue weighted by Gasteiger charge is -2.08. The summed E-state index contributed by atoms with van der Waals surface area (Å²) in [7, 11) is 0. The van der Waals surface area contributed by atoms with Gasteiger partial charge in [0.05, 0.1) is 0 Å². The molecule has 0 radical (unpaired) electrons. The number of nitrogens with zero attached hydrogens (tertiary/aromatic N) is 2. The Morgan fingerprint density at radius 2 is 1.62 bits per heavy atom. The second-order valence-electron chi connectivity index (χ2n) is 6.12. The maximum absolute atomic E-state index is 11.9. The number of carbonyl (C=O) groups is 1. The molecule has 1 fully saturated rings. The van der Waals surface area contributed by atoms with Crippen LogP contribution in [0.1, 0.15) is 23.3 Å². The lowest BCUT2D eigenvalue weighted by Crippen LogP contribution is -2.26. The quantitative estimate of drug-likeness (QED) is 0.708. The molecule has 1 aliphatic carbocycles. The Hall–Kier alpha value is -3.41. The summed E-state index contributed by atoms with van der Waals surface area (Å²) in [4.78, 5) is 11.9. The number of rotatable bonds is 6. The molecule has 26 heavy (non-hydrogen) atoms. The summed E-state index contributed by atoms with van der Waals surface area (Å²) in [6.45, 7) is 0. The Labute approximate surface area is 151 Å². The highest BCUT2D eigenvalue weighted by atomic mass is 16.5. The third-order valence-corrected chi connectivity index (χ3v) is 3.92. The van der Waals surface area contributed by atoms with Crippen molar-refractivity contribution in [2.24, 2.45) is 0 Å². The van der Waals surface area contributed by atoms with Crippen LogP contribution in [-0.2, 0) is 0 Å². The average Bonchev–Trinajstić information content (AvgIpc) is 3.49. The molecule has 130 valence electrons. The van der Waals surface area contributed by atoms with Gasteiger partial charge in [-0.1, -0.05) is 18.2 Å². The summed E-state index contributed by atoms with van der Waals surface area (Å²) in [5.41, 5.74) is 1.18.